The summed E-state index contributed by atoms with van der Waals surface area (Å²) in [4.78, 5) is 66.9. The number of carbonyl (C=O) groups excluding carboxylic acids is 2. The van der Waals surface area contributed by atoms with E-state index in [1.807, 2.05) is 11.9 Å². The van der Waals surface area contributed by atoms with Gasteiger partial charge in [-0.15, -0.1) is 0 Å². The van der Waals surface area contributed by atoms with E-state index in [9.17, 15) is 33.4 Å². The molecule has 0 radical (unpaired) electrons. The summed E-state index contributed by atoms with van der Waals surface area (Å²) in [5, 5.41) is 3.65. The fourth-order valence-electron chi connectivity index (χ4n) is 4.54. The maximum Gasteiger partial charge on any atom is 0.343 e. The van der Waals surface area contributed by atoms with Crippen LogP contribution in [-0.2, 0) is 23.2 Å². The lowest BCUT2D eigenvalue weighted by atomic mass is 10.1. The molecule has 0 bridgehead atoms. The molecule has 1 aliphatic heterocycles. The van der Waals surface area contributed by atoms with Gasteiger partial charge in [-0.3, -0.25) is 18.7 Å². The number of nitrogens with one attached hydrogen (secondary N) is 2. The van der Waals surface area contributed by atoms with Crippen LogP contribution in [0.15, 0.2) is 61.3 Å². The molecule has 1 fully saturated rings. The monoisotopic (exact) mass is 694 g/mol. The number of hydrogen-bond donors (Lipinski definition) is 5. The molecule has 246 valence electrons. The van der Waals surface area contributed by atoms with Crippen molar-refractivity contribution in [3.63, 3.8) is 0 Å². The molecular weight excluding hydrogens is 662 g/mol. The van der Waals surface area contributed by atoms with Crippen molar-refractivity contribution in [1.29, 1.82) is 0 Å². The van der Waals surface area contributed by atoms with Gasteiger partial charge >= 0.3 is 21.2 Å². The van der Waals surface area contributed by atoms with Crippen molar-refractivity contribution in [2.45, 2.75) is 11.8 Å². The van der Waals surface area contributed by atoms with Crippen molar-refractivity contribution in [2.75, 3.05) is 55.9 Å². The van der Waals surface area contributed by atoms with Crippen LogP contribution in [0.4, 0.5) is 23.0 Å². The minimum atomic E-state index is -5.24. The lowest BCUT2D eigenvalue weighted by molar-refractivity contribution is -0.134. The number of benzene rings is 2. The zero-order chi connectivity index (χ0) is 33.6. The average molecular weight is 695 g/mol. The number of carbonyl (C=O) groups is 2. The molecule has 0 spiro atoms. The summed E-state index contributed by atoms with van der Waals surface area (Å²) in [6, 6.07) is 11.7. The standard InChI is InChI=1S/C28H33ClN6O9P2/c1-4-24(36)31-19-7-5-6-18(14-19)27-21(29)17-30-28(33-27)32-20-8-9-22(35-12-10-34(2)11-13-35)23(15-20)44-25(37)16-26(45(38,39)40)46(41,42)43-3/h4-9,14-15,17,26H,1,10-13,16H2,2-3H3,(H,31,36)(H,41,42)(H,30,32,33)(H2,38,39,40). The molecule has 5 N–H and O–H groups in total. The van der Waals surface area contributed by atoms with E-state index in [0.29, 0.717) is 41.4 Å². The van der Waals surface area contributed by atoms with Crippen LogP contribution in [0.25, 0.3) is 11.3 Å². The van der Waals surface area contributed by atoms with E-state index < -0.39 is 33.0 Å². The van der Waals surface area contributed by atoms with Crippen LogP contribution in [-0.4, -0.2) is 87.2 Å². The first kappa shape index (κ1) is 35.2. The quantitative estimate of drug-likeness (QED) is 0.0786. The Morgan fingerprint density at radius 2 is 1.83 bits per heavy atom. The first-order valence-electron chi connectivity index (χ1n) is 13.7. The Morgan fingerprint density at radius 1 is 1.11 bits per heavy atom. The Kier molecular flexibility index (Phi) is 11.4. The Balaban J connectivity index is 1.64. The molecular formula is C28H33ClN6O9P2. The lowest BCUT2D eigenvalue weighted by Crippen LogP contribution is -2.44. The molecule has 46 heavy (non-hydrogen) atoms. The Bertz CT molecular complexity index is 1710. The van der Waals surface area contributed by atoms with Gasteiger partial charge in [-0.05, 0) is 37.4 Å². The molecule has 2 heterocycles. The molecule has 1 aromatic heterocycles. The first-order valence-corrected chi connectivity index (χ1v) is 17.5. The van der Waals surface area contributed by atoms with E-state index in [-0.39, 0.29) is 22.6 Å². The summed E-state index contributed by atoms with van der Waals surface area (Å²) in [6.07, 6.45) is 1.46. The van der Waals surface area contributed by atoms with E-state index >= 15 is 0 Å². The van der Waals surface area contributed by atoms with Gasteiger partial charge in [0.1, 0.15) is 0 Å². The third-order valence-corrected chi connectivity index (χ3v) is 11.5. The fraction of sp³-hybridized carbons (Fsp3) is 0.286. The van der Waals surface area contributed by atoms with Crippen molar-refractivity contribution >= 4 is 61.7 Å². The largest absolute Gasteiger partial charge is 0.424 e. The Labute approximate surface area is 269 Å². The summed E-state index contributed by atoms with van der Waals surface area (Å²) in [5.74, 6) is -1.37. The summed E-state index contributed by atoms with van der Waals surface area (Å²) < 4.78 is 34.3. The van der Waals surface area contributed by atoms with Crippen molar-refractivity contribution in [3.8, 4) is 17.0 Å². The Hall–Kier alpha value is -3.65. The van der Waals surface area contributed by atoms with Crippen LogP contribution >= 0.6 is 26.8 Å². The van der Waals surface area contributed by atoms with Crippen LogP contribution in [0, 0.1) is 0 Å². The number of hydrogen-bond acceptors (Lipinski definition) is 11. The summed E-state index contributed by atoms with van der Waals surface area (Å²) >= 11 is 6.41. The highest BCUT2D eigenvalue weighted by molar-refractivity contribution is 7.71. The smallest absolute Gasteiger partial charge is 0.343 e. The number of rotatable bonds is 12. The minimum absolute atomic E-state index is 0.0362. The van der Waals surface area contributed by atoms with E-state index in [1.165, 1.54) is 12.3 Å². The van der Waals surface area contributed by atoms with Crippen molar-refractivity contribution < 1.29 is 42.7 Å². The molecule has 2 atom stereocenters. The van der Waals surface area contributed by atoms with Gasteiger partial charge in [-0.25, -0.2) is 9.97 Å². The number of halogens is 1. The maximum absolute atomic E-state index is 13.0. The second-order valence-corrected chi connectivity index (χ2v) is 15.0. The second-order valence-electron chi connectivity index (χ2n) is 10.3. The highest BCUT2D eigenvalue weighted by Crippen LogP contribution is 2.63. The molecule has 0 saturated carbocycles. The van der Waals surface area contributed by atoms with Crippen LogP contribution in [0.5, 0.6) is 5.75 Å². The SMILES string of the molecule is C=CC(=O)Nc1cccc(-c2nc(Nc3ccc(N4CCN(C)CC4)c(OC(=O)CC(P(=O)(O)O)P(=O)(O)OC)c3)ncc2Cl)c1. The van der Waals surface area contributed by atoms with Crippen molar-refractivity contribution in [3.05, 3.63) is 66.3 Å². The normalized spacial score (nSPS) is 15.8. The first-order chi connectivity index (χ1) is 21.7. The van der Waals surface area contributed by atoms with E-state index in [0.717, 1.165) is 26.3 Å². The predicted octanol–water partition coefficient (Wildman–Crippen LogP) is 4.05. The summed E-state index contributed by atoms with van der Waals surface area (Å²) in [5.41, 5.74) is 2.37. The van der Waals surface area contributed by atoms with Crippen LogP contribution < -0.4 is 20.3 Å². The molecule has 1 aliphatic rings. The molecule has 0 aliphatic carbocycles. The lowest BCUT2D eigenvalue weighted by Gasteiger charge is -2.34. The average Bonchev–Trinajstić information content (AvgIpc) is 3.01. The maximum atomic E-state index is 13.0. The van der Waals surface area contributed by atoms with Crippen LogP contribution in [0.1, 0.15) is 6.42 Å². The molecule has 1 saturated heterocycles. The van der Waals surface area contributed by atoms with Crippen molar-refractivity contribution in [2.24, 2.45) is 0 Å². The van der Waals surface area contributed by atoms with Gasteiger partial charge in [0.2, 0.25) is 11.9 Å². The highest BCUT2D eigenvalue weighted by atomic mass is 35.5. The summed E-state index contributed by atoms with van der Waals surface area (Å²) in [6.45, 7) is 6.11. The third kappa shape index (κ3) is 8.99. The van der Waals surface area contributed by atoms with Gasteiger partial charge in [0.05, 0.1) is 29.0 Å². The molecule has 4 rings (SSSR count). The van der Waals surface area contributed by atoms with Crippen LogP contribution in [0.2, 0.25) is 5.02 Å². The Morgan fingerprint density at radius 3 is 2.48 bits per heavy atom. The predicted molar refractivity (Wildman–Crippen MR) is 174 cm³/mol. The van der Waals surface area contributed by atoms with Gasteiger partial charge in [0, 0.05) is 56.3 Å². The van der Waals surface area contributed by atoms with E-state index in [4.69, 9.17) is 16.3 Å². The highest BCUT2D eigenvalue weighted by Gasteiger charge is 2.46. The molecule has 18 heteroatoms. The van der Waals surface area contributed by atoms with Gasteiger partial charge in [-0.2, -0.15) is 0 Å². The zero-order valence-electron chi connectivity index (χ0n) is 24.9. The number of anilines is 4. The van der Waals surface area contributed by atoms with Crippen molar-refractivity contribution in [1.82, 2.24) is 14.9 Å². The topological polar surface area (TPSA) is 204 Å². The number of aromatic nitrogens is 2. The van der Waals surface area contributed by atoms with E-state index in [2.05, 4.69) is 36.6 Å². The van der Waals surface area contributed by atoms with Crippen LogP contribution in [0.3, 0.4) is 0 Å². The van der Waals surface area contributed by atoms with Gasteiger partial charge in [0.15, 0.2) is 11.1 Å². The molecule has 1 amide bonds. The van der Waals surface area contributed by atoms with Gasteiger partial charge < -0.3 is 44.4 Å². The fourth-order valence-corrected chi connectivity index (χ4v) is 7.55. The minimum Gasteiger partial charge on any atom is -0.424 e. The number of nitrogens with zero attached hydrogens (tertiary/aromatic N) is 4. The van der Waals surface area contributed by atoms with E-state index in [1.54, 1.807) is 36.4 Å². The second kappa shape index (κ2) is 14.8. The third-order valence-electron chi connectivity index (χ3n) is 6.99. The molecule has 3 aromatic rings. The molecule has 2 aromatic carbocycles. The molecule has 2 unspecified atom stereocenters. The zero-order valence-corrected chi connectivity index (χ0v) is 27.4. The number of piperazine rings is 1. The van der Waals surface area contributed by atoms with Gasteiger partial charge in [-0.1, -0.05) is 30.3 Å². The number of likely N-dealkylation sites (N-methyl/N-ethyl adjacent to an activating group) is 1. The number of ether oxygens (including phenoxy) is 1. The van der Waals surface area contributed by atoms with Gasteiger partial charge in [0.25, 0.3) is 0 Å². The number of esters is 1. The molecule has 15 nitrogen and oxygen atoms in total. The number of amides is 1. The summed E-state index contributed by atoms with van der Waals surface area (Å²) in [7, 11) is -7.30.